The first-order valence-electron chi connectivity index (χ1n) is 5.61. The normalized spacial score (nSPS) is 10.6. The van der Waals surface area contributed by atoms with Crippen molar-refractivity contribution in [3.8, 4) is 11.8 Å². The fraction of sp³-hybridized carbons (Fsp3) is 0.385. The van der Waals surface area contributed by atoms with Crippen molar-refractivity contribution in [2.75, 3.05) is 18.5 Å². The highest BCUT2D eigenvalue weighted by molar-refractivity contribution is 5.94. The second kappa shape index (κ2) is 6.03. The van der Waals surface area contributed by atoms with Gasteiger partial charge in [0.25, 0.3) is 0 Å². The zero-order valence-electron chi connectivity index (χ0n) is 10.6. The molecule has 1 aromatic carbocycles. The van der Waals surface area contributed by atoms with Crippen LogP contribution in [0.4, 0.5) is 5.69 Å². The van der Waals surface area contributed by atoms with Crippen molar-refractivity contribution in [1.29, 1.82) is 5.26 Å². The first-order chi connectivity index (χ1) is 8.49. The molecule has 1 amide bonds. The molecule has 18 heavy (non-hydrogen) atoms. The van der Waals surface area contributed by atoms with Crippen molar-refractivity contribution in [3.05, 3.63) is 24.3 Å². The summed E-state index contributed by atoms with van der Waals surface area (Å²) >= 11 is 0. The van der Waals surface area contributed by atoms with Crippen LogP contribution in [-0.2, 0) is 4.79 Å². The van der Waals surface area contributed by atoms with Gasteiger partial charge in [-0.2, -0.15) is 5.26 Å². The molecule has 0 aliphatic rings. The van der Waals surface area contributed by atoms with Gasteiger partial charge < -0.3 is 15.8 Å². The van der Waals surface area contributed by atoms with Crippen LogP contribution in [-0.4, -0.2) is 19.1 Å². The molecular formula is C13H17N3O2. The minimum absolute atomic E-state index is 0.00586. The van der Waals surface area contributed by atoms with E-state index in [1.165, 1.54) is 0 Å². The second-order valence-electron chi connectivity index (χ2n) is 4.51. The molecular weight excluding hydrogens is 230 g/mol. The molecule has 5 heteroatoms. The number of carbonyl (C=O) groups is 1. The Morgan fingerprint density at radius 3 is 2.56 bits per heavy atom. The van der Waals surface area contributed by atoms with Gasteiger partial charge in [0.1, 0.15) is 11.8 Å². The third-order valence-electron chi connectivity index (χ3n) is 2.54. The quantitative estimate of drug-likeness (QED) is 0.825. The molecule has 96 valence electrons. The standard InChI is InChI=1S/C13H17N3O2/c1-13(2,9-15)12(17)16-10-3-5-11(6-4-10)18-8-7-14/h3-6H,8-9,15H2,1-2H3,(H,16,17). The van der Waals surface area contributed by atoms with Crippen LogP contribution in [0.15, 0.2) is 24.3 Å². The summed E-state index contributed by atoms with van der Waals surface area (Å²) in [6.45, 7) is 3.85. The van der Waals surface area contributed by atoms with E-state index in [1.807, 2.05) is 6.07 Å². The minimum atomic E-state index is -0.601. The lowest BCUT2D eigenvalue weighted by Crippen LogP contribution is -2.37. The van der Waals surface area contributed by atoms with Crippen LogP contribution in [0.5, 0.6) is 5.75 Å². The van der Waals surface area contributed by atoms with Crippen molar-refractivity contribution in [3.63, 3.8) is 0 Å². The van der Waals surface area contributed by atoms with Crippen molar-refractivity contribution < 1.29 is 9.53 Å². The van der Waals surface area contributed by atoms with Gasteiger partial charge in [0, 0.05) is 12.2 Å². The second-order valence-corrected chi connectivity index (χ2v) is 4.51. The number of anilines is 1. The predicted octanol–water partition coefficient (Wildman–Crippen LogP) is 1.51. The van der Waals surface area contributed by atoms with E-state index in [-0.39, 0.29) is 19.1 Å². The number of nitriles is 1. The summed E-state index contributed by atoms with van der Waals surface area (Å²) in [6.07, 6.45) is 0. The van der Waals surface area contributed by atoms with E-state index in [1.54, 1.807) is 38.1 Å². The Morgan fingerprint density at radius 2 is 2.06 bits per heavy atom. The number of hydrogen-bond acceptors (Lipinski definition) is 4. The maximum Gasteiger partial charge on any atom is 0.231 e. The Labute approximate surface area is 107 Å². The SMILES string of the molecule is CC(C)(CN)C(=O)Nc1ccc(OCC#N)cc1. The molecule has 1 aromatic rings. The van der Waals surface area contributed by atoms with E-state index >= 15 is 0 Å². The van der Waals surface area contributed by atoms with Crippen LogP contribution in [0.1, 0.15) is 13.8 Å². The van der Waals surface area contributed by atoms with Crippen LogP contribution in [0.2, 0.25) is 0 Å². The van der Waals surface area contributed by atoms with Gasteiger partial charge in [-0.3, -0.25) is 4.79 Å². The molecule has 0 saturated carbocycles. The molecule has 3 N–H and O–H groups in total. The average molecular weight is 247 g/mol. The Kier molecular flexibility index (Phi) is 4.69. The lowest BCUT2D eigenvalue weighted by molar-refractivity contribution is -0.123. The molecule has 5 nitrogen and oxygen atoms in total. The Hall–Kier alpha value is -2.06. The van der Waals surface area contributed by atoms with Crippen molar-refractivity contribution in [2.45, 2.75) is 13.8 Å². The largest absolute Gasteiger partial charge is 0.479 e. The number of carbonyl (C=O) groups excluding carboxylic acids is 1. The molecule has 1 rings (SSSR count). The van der Waals surface area contributed by atoms with Crippen molar-refractivity contribution in [1.82, 2.24) is 0 Å². The van der Waals surface area contributed by atoms with Gasteiger partial charge in [0.15, 0.2) is 6.61 Å². The summed E-state index contributed by atoms with van der Waals surface area (Å²) in [6, 6.07) is 8.72. The molecule has 0 saturated heterocycles. The lowest BCUT2D eigenvalue weighted by Gasteiger charge is -2.21. The van der Waals surface area contributed by atoms with E-state index in [0.717, 1.165) is 0 Å². The molecule has 0 aliphatic carbocycles. The first-order valence-corrected chi connectivity index (χ1v) is 5.61. The number of rotatable bonds is 5. The van der Waals surface area contributed by atoms with Gasteiger partial charge in [-0.05, 0) is 38.1 Å². The van der Waals surface area contributed by atoms with E-state index in [0.29, 0.717) is 11.4 Å². The number of hydrogen-bond donors (Lipinski definition) is 2. The van der Waals surface area contributed by atoms with Crippen molar-refractivity contribution >= 4 is 11.6 Å². The summed E-state index contributed by atoms with van der Waals surface area (Å²) < 4.78 is 5.11. The zero-order valence-corrected chi connectivity index (χ0v) is 10.6. The van der Waals surface area contributed by atoms with Crippen molar-refractivity contribution in [2.24, 2.45) is 11.1 Å². The minimum Gasteiger partial charge on any atom is -0.479 e. The summed E-state index contributed by atoms with van der Waals surface area (Å²) in [7, 11) is 0. The fourth-order valence-electron chi connectivity index (χ4n) is 1.14. The Morgan fingerprint density at radius 1 is 1.44 bits per heavy atom. The molecule has 0 radical (unpaired) electrons. The zero-order chi connectivity index (χ0) is 13.6. The summed E-state index contributed by atoms with van der Waals surface area (Å²) in [5.74, 6) is 0.461. The predicted molar refractivity (Wildman–Crippen MR) is 69.0 cm³/mol. The van der Waals surface area contributed by atoms with Crippen LogP contribution in [0.3, 0.4) is 0 Å². The van der Waals surface area contributed by atoms with E-state index < -0.39 is 5.41 Å². The summed E-state index contributed by atoms with van der Waals surface area (Å²) in [5, 5.41) is 11.2. The van der Waals surface area contributed by atoms with E-state index in [4.69, 9.17) is 15.7 Å². The molecule has 0 spiro atoms. The molecule has 0 unspecified atom stereocenters. The molecule has 0 aromatic heterocycles. The Balaban J connectivity index is 2.64. The third-order valence-corrected chi connectivity index (χ3v) is 2.54. The molecule has 0 bridgehead atoms. The highest BCUT2D eigenvalue weighted by atomic mass is 16.5. The van der Waals surface area contributed by atoms with Gasteiger partial charge in [0.2, 0.25) is 5.91 Å². The van der Waals surface area contributed by atoms with Gasteiger partial charge in [-0.15, -0.1) is 0 Å². The number of ether oxygens (including phenoxy) is 1. The third kappa shape index (κ3) is 3.75. The van der Waals surface area contributed by atoms with E-state index in [2.05, 4.69) is 5.32 Å². The average Bonchev–Trinajstić information content (AvgIpc) is 2.37. The summed E-state index contributed by atoms with van der Waals surface area (Å²) in [4.78, 5) is 11.9. The lowest BCUT2D eigenvalue weighted by atomic mass is 9.92. The number of nitrogens with two attached hydrogens (primary N) is 1. The first kappa shape index (κ1) is 14.0. The van der Waals surface area contributed by atoms with Crippen LogP contribution >= 0.6 is 0 Å². The highest BCUT2D eigenvalue weighted by Gasteiger charge is 2.25. The maximum atomic E-state index is 11.9. The van der Waals surface area contributed by atoms with Gasteiger partial charge in [-0.1, -0.05) is 0 Å². The van der Waals surface area contributed by atoms with Gasteiger partial charge in [-0.25, -0.2) is 0 Å². The number of benzene rings is 1. The van der Waals surface area contributed by atoms with Crippen LogP contribution in [0, 0.1) is 16.7 Å². The topological polar surface area (TPSA) is 88.1 Å². The van der Waals surface area contributed by atoms with Gasteiger partial charge in [0.05, 0.1) is 5.41 Å². The monoisotopic (exact) mass is 247 g/mol. The summed E-state index contributed by atoms with van der Waals surface area (Å²) in [5.41, 5.74) is 5.60. The number of amides is 1. The van der Waals surface area contributed by atoms with Crippen LogP contribution in [0.25, 0.3) is 0 Å². The molecule has 0 atom stereocenters. The Bertz CT molecular complexity index is 446. The number of nitrogens with one attached hydrogen (secondary N) is 1. The highest BCUT2D eigenvalue weighted by Crippen LogP contribution is 2.19. The molecule has 0 aliphatic heterocycles. The van der Waals surface area contributed by atoms with E-state index in [9.17, 15) is 4.79 Å². The number of nitrogens with zero attached hydrogens (tertiary/aromatic N) is 1. The maximum absolute atomic E-state index is 11.9. The van der Waals surface area contributed by atoms with Gasteiger partial charge >= 0.3 is 0 Å². The fourth-order valence-corrected chi connectivity index (χ4v) is 1.14. The smallest absolute Gasteiger partial charge is 0.231 e. The molecule has 0 fully saturated rings. The van der Waals surface area contributed by atoms with Crippen LogP contribution < -0.4 is 15.8 Å². The molecule has 0 heterocycles.